The topological polar surface area (TPSA) is 12.0 Å². The largest absolute Gasteiger partial charge is 0.310 e. The van der Waals surface area contributed by atoms with Gasteiger partial charge in [-0.05, 0) is 62.8 Å². The summed E-state index contributed by atoms with van der Waals surface area (Å²) in [5.74, 6) is 0.691. The fraction of sp³-hybridized carbons (Fsp3) is 0.667. The van der Waals surface area contributed by atoms with Gasteiger partial charge in [-0.3, -0.25) is 0 Å². The van der Waals surface area contributed by atoms with Crippen molar-refractivity contribution in [3.8, 4) is 0 Å². The lowest BCUT2D eigenvalue weighted by Gasteiger charge is -2.29. The molecule has 0 heterocycles. The predicted molar refractivity (Wildman–Crippen MR) is 85.8 cm³/mol. The second kappa shape index (κ2) is 7.69. The second-order valence-corrected chi connectivity index (χ2v) is 6.01. The van der Waals surface area contributed by atoms with Gasteiger partial charge in [0.05, 0.1) is 0 Å². The van der Waals surface area contributed by atoms with Crippen LogP contribution in [0.5, 0.6) is 0 Å². The van der Waals surface area contributed by atoms with Gasteiger partial charge >= 0.3 is 0 Å². The van der Waals surface area contributed by atoms with Crippen LogP contribution in [0.2, 0.25) is 0 Å². The minimum absolute atomic E-state index is 0.500. The normalized spacial score (nSPS) is 14.4. The van der Waals surface area contributed by atoms with Crippen molar-refractivity contribution in [2.75, 3.05) is 6.54 Å². The molecular weight excluding hydrogens is 230 g/mol. The van der Waals surface area contributed by atoms with E-state index < -0.39 is 0 Å². The third-order valence-corrected chi connectivity index (χ3v) is 3.98. The fourth-order valence-electron chi connectivity index (χ4n) is 3.19. The van der Waals surface area contributed by atoms with Gasteiger partial charge in [0.15, 0.2) is 0 Å². The van der Waals surface area contributed by atoms with E-state index in [9.17, 15) is 0 Å². The zero-order valence-corrected chi connectivity index (χ0v) is 13.6. The molecule has 0 saturated heterocycles. The molecule has 1 heteroatoms. The van der Waals surface area contributed by atoms with Crippen molar-refractivity contribution in [1.82, 2.24) is 5.32 Å². The number of benzene rings is 1. The van der Waals surface area contributed by atoms with Crippen LogP contribution in [0.25, 0.3) is 0 Å². The van der Waals surface area contributed by atoms with Gasteiger partial charge in [0.1, 0.15) is 0 Å². The Morgan fingerprint density at radius 2 is 1.58 bits per heavy atom. The van der Waals surface area contributed by atoms with Crippen molar-refractivity contribution in [2.24, 2.45) is 5.92 Å². The zero-order chi connectivity index (χ0) is 14.4. The molecule has 0 aromatic heterocycles. The lowest BCUT2D eigenvalue weighted by atomic mass is 9.85. The van der Waals surface area contributed by atoms with Crippen molar-refractivity contribution in [3.05, 3.63) is 34.4 Å². The van der Waals surface area contributed by atoms with Crippen molar-refractivity contribution in [3.63, 3.8) is 0 Å². The molecular formula is C18H31N. The smallest absolute Gasteiger partial charge is 0.0351 e. The maximum Gasteiger partial charge on any atom is 0.0351 e. The maximum absolute atomic E-state index is 3.77. The summed E-state index contributed by atoms with van der Waals surface area (Å²) in [5, 5.41) is 3.77. The van der Waals surface area contributed by atoms with Gasteiger partial charge in [0.2, 0.25) is 0 Å². The first-order valence-corrected chi connectivity index (χ1v) is 7.82. The molecule has 0 amide bonds. The number of rotatable bonds is 7. The van der Waals surface area contributed by atoms with Crippen LogP contribution in [0.3, 0.4) is 0 Å². The van der Waals surface area contributed by atoms with Crippen LogP contribution in [-0.2, 0) is 0 Å². The second-order valence-electron chi connectivity index (χ2n) is 6.01. The first-order valence-electron chi connectivity index (χ1n) is 7.82. The minimum atomic E-state index is 0.500. The van der Waals surface area contributed by atoms with E-state index in [1.165, 1.54) is 41.5 Å². The fourth-order valence-corrected chi connectivity index (χ4v) is 3.19. The molecule has 0 aliphatic carbocycles. The van der Waals surface area contributed by atoms with Gasteiger partial charge in [-0.25, -0.2) is 0 Å². The Bertz CT molecular complexity index is 372. The lowest BCUT2D eigenvalue weighted by Crippen LogP contribution is -2.29. The minimum Gasteiger partial charge on any atom is -0.310 e. The molecule has 1 nitrogen and oxygen atoms in total. The molecule has 0 bridgehead atoms. The van der Waals surface area contributed by atoms with Crippen molar-refractivity contribution in [1.29, 1.82) is 0 Å². The van der Waals surface area contributed by atoms with E-state index in [0.717, 1.165) is 6.54 Å². The average molecular weight is 261 g/mol. The van der Waals surface area contributed by atoms with Crippen molar-refractivity contribution < 1.29 is 0 Å². The molecule has 108 valence electrons. The van der Waals surface area contributed by atoms with Gasteiger partial charge in [-0.1, -0.05) is 44.9 Å². The third-order valence-electron chi connectivity index (χ3n) is 3.98. The summed E-state index contributed by atoms with van der Waals surface area (Å²) >= 11 is 0. The predicted octanol–water partition coefficient (Wildman–Crippen LogP) is 5.09. The van der Waals surface area contributed by atoms with E-state index >= 15 is 0 Å². The highest BCUT2D eigenvalue weighted by molar-refractivity contribution is 5.40. The summed E-state index contributed by atoms with van der Waals surface area (Å²) in [6.45, 7) is 14.7. The van der Waals surface area contributed by atoms with E-state index in [1.54, 1.807) is 0 Å². The zero-order valence-electron chi connectivity index (χ0n) is 13.6. The van der Waals surface area contributed by atoms with Crippen LogP contribution < -0.4 is 5.32 Å². The van der Waals surface area contributed by atoms with E-state index in [2.05, 4.69) is 59.0 Å². The summed E-state index contributed by atoms with van der Waals surface area (Å²) in [6, 6.07) is 5.14. The Kier molecular flexibility index (Phi) is 6.57. The molecule has 1 aromatic carbocycles. The maximum atomic E-state index is 3.77. The van der Waals surface area contributed by atoms with Gasteiger partial charge < -0.3 is 5.32 Å². The van der Waals surface area contributed by atoms with Crippen LogP contribution in [0.15, 0.2) is 12.1 Å². The summed E-state index contributed by atoms with van der Waals surface area (Å²) < 4.78 is 0. The first kappa shape index (κ1) is 16.2. The van der Waals surface area contributed by atoms with Crippen LogP contribution in [-0.4, -0.2) is 6.54 Å². The number of nitrogens with one attached hydrogen (secondary N) is 1. The Morgan fingerprint density at radius 3 is 2.05 bits per heavy atom. The number of aryl methyl sites for hydroxylation is 3. The highest BCUT2D eigenvalue weighted by Crippen LogP contribution is 2.31. The number of hydrogen-bond acceptors (Lipinski definition) is 1. The quantitative estimate of drug-likeness (QED) is 0.721. The van der Waals surface area contributed by atoms with E-state index in [-0.39, 0.29) is 0 Å². The van der Waals surface area contributed by atoms with Crippen LogP contribution in [0.4, 0.5) is 0 Å². The standard InChI is InChI=1S/C18H31N/c1-7-9-14(4)18(19-10-8-2)17-15(5)11-13(3)12-16(17)6/h11-12,14,18-19H,7-10H2,1-6H3. The molecule has 19 heavy (non-hydrogen) atoms. The SMILES string of the molecule is CCCNC(c1c(C)cc(C)cc1C)C(C)CCC. The van der Waals surface area contributed by atoms with Crippen molar-refractivity contribution >= 4 is 0 Å². The van der Waals surface area contributed by atoms with Crippen LogP contribution in [0, 0.1) is 26.7 Å². The van der Waals surface area contributed by atoms with Crippen molar-refractivity contribution in [2.45, 2.75) is 66.8 Å². The molecule has 0 radical (unpaired) electrons. The van der Waals surface area contributed by atoms with E-state index in [1.807, 2.05) is 0 Å². The highest BCUT2D eigenvalue weighted by Gasteiger charge is 2.21. The molecule has 0 spiro atoms. The molecule has 1 rings (SSSR count). The summed E-state index contributed by atoms with van der Waals surface area (Å²) in [6.07, 6.45) is 3.74. The Morgan fingerprint density at radius 1 is 1.00 bits per heavy atom. The summed E-state index contributed by atoms with van der Waals surface area (Å²) in [4.78, 5) is 0. The molecule has 2 unspecified atom stereocenters. The average Bonchev–Trinajstić information content (AvgIpc) is 2.32. The van der Waals surface area contributed by atoms with Gasteiger partial charge in [-0.2, -0.15) is 0 Å². The molecule has 0 aliphatic heterocycles. The molecule has 0 saturated carbocycles. The third kappa shape index (κ3) is 4.35. The van der Waals surface area contributed by atoms with E-state index in [4.69, 9.17) is 0 Å². The lowest BCUT2D eigenvalue weighted by molar-refractivity contribution is 0.361. The molecule has 1 aromatic rings. The van der Waals surface area contributed by atoms with E-state index in [0.29, 0.717) is 12.0 Å². The number of hydrogen-bond donors (Lipinski definition) is 1. The first-order chi connectivity index (χ1) is 9.01. The van der Waals surface area contributed by atoms with Gasteiger partial charge in [0, 0.05) is 6.04 Å². The summed E-state index contributed by atoms with van der Waals surface area (Å²) in [7, 11) is 0. The molecule has 2 atom stereocenters. The van der Waals surface area contributed by atoms with Gasteiger partial charge in [0.25, 0.3) is 0 Å². The van der Waals surface area contributed by atoms with Crippen LogP contribution >= 0.6 is 0 Å². The Hall–Kier alpha value is -0.820. The Labute approximate surface area is 119 Å². The molecule has 0 fully saturated rings. The highest BCUT2D eigenvalue weighted by atomic mass is 14.9. The molecule has 0 aliphatic rings. The molecule has 1 N–H and O–H groups in total. The van der Waals surface area contributed by atoms with Gasteiger partial charge in [-0.15, -0.1) is 0 Å². The monoisotopic (exact) mass is 261 g/mol. The van der Waals surface area contributed by atoms with Crippen LogP contribution in [0.1, 0.15) is 68.3 Å². The summed E-state index contributed by atoms with van der Waals surface area (Å²) in [5.41, 5.74) is 5.78. The Balaban J connectivity index is 3.09.